The number of rotatable bonds is 4. The number of nitrogens with one attached hydrogen (secondary N) is 1. The number of phenolic OH excluding ortho intramolecular Hbond substituents is 1. The molecule has 1 aromatic rings. The van der Waals surface area contributed by atoms with E-state index < -0.39 is 17.4 Å². The monoisotopic (exact) mass is 375 g/mol. The number of aliphatic carboxylic acids is 1. The highest BCUT2D eigenvalue weighted by Gasteiger charge is 2.48. The maximum absolute atomic E-state index is 12.1. The molecular weight excluding hydrogens is 361 g/mol. The molecule has 19 heavy (non-hydrogen) atoms. The maximum atomic E-state index is 12.1. The first-order valence-electron chi connectivity index (χ1n) is 5.89. The zero-order chi connectivity index (χ0) is 14.2. The van der Waals surface area contributed by atoms with Crippen molar-refractivity contribution in [3.8, 4) is 5.75 Å². The van der Waals surface area contributed by atoms with Gasteiger partial charge >= 0.3 is 5.97 Å². The van der Waals surface area contributed by atoms with Crippen molar-refractivity contribution in [2.24, 2.45) is 5.92 Å². The normalized spacial score (nSPS) is 17.6. The molecule has 0 heterocycles. The van der Waals surface area contributed by atoms with E-state index in [1.54, 1.807) is 12.1 Å². The first-order chi connectivity index (χ1) is 8.84. The van der Waals surface area contributed by atoms with Crippen molar-refractivity contribution >= 4 is 34.5 Å². The van der Waals surface area contributed by atoms with Crippen LogP contribution in [0.15, 0.2) is 18.2 Å². The molecule has 0 spiro atoms. The molecule has 1 fully saturated rings. The van der Waals surface area contributed by atoms with Crippen LogP contribution in [0.4, 0.5) is 0 Å². The Hall–Kier alpha value is -1.31. The van der Waals surface area contributed by atoms with Crippen LogP contribution in [-0.4, -0.2) is 27.6 Å². The summed E-state index contributed by atoms with van der Waals surface area (Å²) in [5.74, 6) is -1.52. The third kappa shape index (κ3) is 2.83. The van der Waals surface area contributed by atoms with E-state index in [1.807, 2.05) is 22.6 Å². The Morgan fingerprint density at radius 2 is 2.05 bits per heavy atom. The lowest BCUT2D eigenvalue weighted by Gasteiger charge is -2.26. The third-order valence-electron chi connectivity index (χ3n) is 3.42. The first kappa shape index (κ1) is 14.1. The van der Waals surface area contributed by atoms with Crippen molar-refractivity contribution < 1.29 is 19.8 Å². The molecule has 2 rings (SSSR count). The van der Waals surface area contributed by atoms with Crippen molar-refractivity contribution in [1.29, 1.82) is 0 Å². The summed E-state index contributed by atoms with van der Waals surface area (Å²) >= 11 is 1.95. The predicted molar refractivity (Wildman–Crippen MR) is 77.1 cm³/mol. The van der Waals surface area contributed by atoms with Crippen molar-refractivity contribution in [1.82, 2.24) is 5.32 Å². The summed E-state index contributed by atoms with van der Waals surface area (Å²) in [5.41, 5.74) is -0.985. The standard InChI is InChI=1S/C13H14INO4/c1-13(12(18)19,8-3-4-8)15-11(17)7-2-5-9(14)10(16)6-7/h2,5-6,8,16H,3-4H2,1H3,(H,15,17)(H,18,19). The highest BCUT2D eigenvalue weighted by atomic mass is 127. The Balaban J connectivity index is 2.20. The molecule has 1 saturated carbocycles. The van der Waals surface area contributed by atoms with Crippen LogP contribution in [0.1, 0.15) is 30.1 Å². The van der Waals surface area contributed by atoms with E-state index in [0.717, 1.165) is 12.8 Å². The number of hydrogen-bond acceptors (Lipinski definition) is 3. The fraction of sp³-hybridized carbons (Fsp3) is 0.385. The summed E-state index contributed by atoms with van der Waals surface area (Å²) in [5, 5.41) is 21.4. The second-order valence-corrected chi connectivity index (χ2v) is 6.06. The minimum atomic E-state index is -1.24. The molecule has 1 atom stereocenters. The fourth-order valence-corrected chi connectivity index (χ4v) is 2.29. The number of phenols is 1. The predicted octanol–water partition coefficient (Wildman–Crippen LogP) is 1.98. The van der Waals surface area contributed by atoms with Crippen LogP contribution in [0, 0.1) is 9.49 Å². The molecule has 1 aliphatic rings. The van der Waals surface area contributed by atoms with Crippen molar-refractivity contribution in [2.45, 2.75) is 25.3 Å². The zero-order valence-electron chi connectivity index (χ0n) is 10.3. The number of carboxylic acids is 1. The summed E-state index contributed by atoms with van der Waals surface area (Å²) < 4.78 is 0.636. The molecule has 1 unspecified atom stereocenters. The molecule has 0 aliphatic heterocycles. The van der Waals surface area contributed by atoms with Crippen molar-refractivity contribution in [3.05, 3.63) is 27.3 Å². The zero-order valence-corrected chi connectivity index (χ0v) is 12.5. The fourth-order valence-electron chi connectivity index (χ4n) is 1.95. The lowest BCUT2D eigenvalue weighted by Crippen LogP contribution is -2.54. The molecule has 1 aromatic carbocycles. The minimum Gasteiger partial charge on any atom is -0.507 e. The van der Waals surface area contributed by atoms with Gasteiger partial charge in [0, 0.05) is 5.56 Å². The van der Waals surface area contributed by atoms with Gasteiger partial charge in [0.25, 0.3) is 5.91 Å². The highest BCUT2D eigenvalue weighted by Crippen LogP contribution is 2.40. The molecule has 102 valence electrons. The van der Waals surface area contributed by atoms with Crippen molar-refractivity contribution in [3.63, 3.8) is 0 Å². The summed E-state index contributed by atoms with van der Waals surface area (Å²) in [4.78, 5) is 23.4. The topological polar surface area (TPSA) is 86.6 Å². The van der Waals surface area contributed by atoms with Gasteiger partial charge in [-0.05, 0) is 66.5 Å². The quantitative estimate of drug-likeness (QED) is 0.703. The Morgan fingerprint density at radius 1 is 1.42 bits per heavy atom. The van der Waals surface area contributed by atoms with Gasteiger partial charge in [0.2, 0.25) is 0 Å². The molecule has 3 N–H and O–H groups in total. The largest absolute Gasteiger partial charge is 0.507 e. The van der Waals surface area contributed by atoms with Crippen LogP contribution >= 0.6 is 22.6 Å². The number of carboxylic acid groups (broad SMARTS) is 1. The number of amides is 1. The second-order valence-electron chi connectivity index (χ2n) is 4.90. The maximum Gasteiger partial charge on any atom is 0.329 e. The second kappa shape index (κ2) is 4.99. The number of carbonyl (C=O) groups excluding carboxylic acids is 1. The van der Waals surface area contributed by atoms with E-state index in [2.05, 4.69) is 5.32 Å². The van der Waals surface area contributed by atoms with Gasteiger partial charge < -0.3 is 15.5 Å². The van der Waals surface area contributed by atoms with E-state index in [4.69, 9.17) is 0 Å². The van der Waals surface area contributed by atoms with Crippen molar-refractivity contribution in [2.75, 3.05) is 0 Å². The average molecular weight is 375 g/mol. The highest BCUT2D eigenvalue weighted by molar-refractivity contribution is 14.1. The van der Waals surface area contributed by atoms with E-state index in [9.17, 15) is 19.8 Å². The lowest BCUT2D eigenvalue weighted by molar-refractivity contribution is -0.144. The van der Waals surface area contributed by atoms with Gasteiger partial charge in [-0.25, -0.2) is 4.79 Å². The SMILES string of the molecule is CC(NC(=O)c1ccc(I)c(O)c1)(C(=O)O)C1CC1. The number of hydrogen-bond donors (Lipinski definition) is 3. The average Bonchev–Trinajstić information content (AvgIpc) is 3.16. The Bertz CT molecular complexity index is 541. The van der Waals surface area contributed by atoms with Gasteiger partial charge in [0.1, 0.15) is 11.3 Å². The number of halogens is 1. The molecule has 0 radical (unpaired) electrons. The smallest absolute Gasteiger partial charge is 0.329 e. The van der Waals surface area contributed by atoms with Gasteiger partial charge in [0.05, 0.1) is 3.57 Å². The molecule has 0 saturated heterocycles. The lowest BCUT2D eigenvalue weighted by atomic mass is 9.95. The molecule has 5 nitrogen and oxygen atoms in total. The first-order valence-corrected chi connectivity index (χ1v) is 6.97. The van der Waals surface area contributed by atoms with Crippen LogP contribution in [0.2, 0.25) is 0 Å². The van der Waals surface area contributed by atoms with Gasteiger partial charge in [-0.2, -0.15) is 0 Å². The van der Waals surface area contributed by atoms with Crippen LogP contribution in [0.25, 0.3) is 0 Å². The number of carbonyl (C=O) groups is 2. The minimum absolute atomic E-state index is 0.0108. The van der Waals surface area contributed by atoms with Gasteiger partial charge in [-0.3, -0.25) is 4.79 Å². The third-order valence-corrected chi connectivity index (χ3v) is 4.33. The molecular formula is C13H14INO4. The molecule has 6 heteroatoms. The van der Waals surface area contributed by atoms with E-state index >= 15 is 0 Å². The van der Waals surface area contributed by atoms with E-state index in [1.165, 1.54) is 13.0 Å². The van der Waals surface area contributed by atoms with Gasteiger partial charge in [-0.1, -0.05) is 0 Å². The Kier molecular flexibility index (Phi) is 3.71. The number of benzene rings is 1. The van der Waals surface area contributed by atoms with E-state index in [-0.39, 0.29) is 17.2 Å². The molecule has 1 amide bonds. The van der Waals surface area contributed by atoms with Crippen LogP contribution in [0.5, 0.6) is 5.75 Å². The van der Waals surface area contributed by atoms with Gasteiger partial charge in [-0.15, -0.1) is 0 Å². The molecule has 0 bridgehead atoms. The summed E-state index contributed by atoms with van der Waals surface area (Å²) in [6, 6.07) is 4.51. The van der Waals surface area contributed by atoms with Gasteiger partial charge in [0.15, 0.2) is 0 Å². The summed E-state index contributed by atoms with van der Waals surface area (Å²) in [6.07, 6.45) is 1.61. The van der Waals surface area contributed by atoms with Crippen LogP contribution in [-0.2, 0) is 4.79 Å². The Labute approximate surface area is 124 Å². The van der Waals surface area contributed by atoms with Crippen LogP contribution < -0.4 is 5.32 Å². The van der Waals surface area contributed by atoms with E-state index in [0.29, 0.717) is 3.57 Å². The van der Waals surface area contributed by atoms with Crippen LogP contribution in [0.3, 0.4) is 0 Å². The Morgan fingerprint density at radius 3 is 2.53 bits per heavy atom. The molecule has 0 aromatic heterocycles. The summed E-state index contributed by atoms with van der Waals surface area (Å²) in [7, 11) is 0. The summed E-state index contributed by atoms with van der Waals surface area (Å²) in [6.45, 7) is 1.53. The number of aromatic hydroxyl groups is 1. The molecule has 1 aliphatic carbocycles.